The van der Waals surface area contributed by atoms with Crippen molar-refractivity contribution >= 4 is 0 Å². The Morgan fingerprint density at radius 3 is 1.29 bits per heavy atom. The molecular formula is C27H36O4. The Labute approximate surface area is 187 Å². The molecule has 168 valence electrons. The predicted molar refractivity (Wildman–Crippen MR) is 127 cm³/mol. The summed E-state index contributed by atoms with van der Waals surface area (Å²) in [7, 11) is 0. The molecule has 0 aliphatic heterocycles. The van der Waals surface area contributed by atoms with Crippen LogP contribution in [0.15, 0.2) is 72.2 Å². The molecule has 31 heavy (non-hydrogen) atoms. The monoisotopic (exact) mass is 424 g/mol. The molecule has 0 aromatic heterocycles. The van der Waals surface area contributed by atoms with Gasteiger partial charge in [-0.2, -0.15) is 0 Å². The summed E-state index contributed by atoms with van der Waals surface area (Å²) in [6.07, 6.45) is 3.51. The molecular weight excluding hydrogens is 388 g/mol. The molecule has 0 radical (unpaired) electrons. The molecule has 0 heterocycles. The zero-order valence-corrected chi connectivity index (χ0v) is 19.7. The van der Waals surface area contributed by atoms with Crippen LogP contribution in [0.1, 0.15) is 52.7 Å². The van der Waals surface area contributed by atoms with E-state index in [1.807, 2.05) is 52.0 Å². The summed E-state index contributed by atoms with van der Waals surface area (Å²) in [6, 6.07) is 16.6. The third kappa shape index (κ3) is 8.41. The molecule has 0 amide bonds. The second kappa shape index (κ2) is 12.1. The van der Waals surface area contributed by atoms with Gasteiger partial charge in [-0.3, -0.25) is 0 Å². The fourth-order valence-electron chi connectivity index (χ4n) is 2.97. The van der Waals surface area contributed by atoms with Crippen molar-refractivity contribution in [1.29, 1.82) is 0 Å². The maximum Gasteiger partial charge on any atom is 0.122 e. The lowest BCUT2D eigenvalue weighted by atomic mass is 9.78. The summed E-state index contributed by atoms with van der Waals surface area (Å²) in [5.41, 5.74) is 4.60. The van der Waals surface area contributed by atoms with Gasteiger partial charge in [0.2, 0.25) is 0 Å². The van der Waals surface area contributed by atoms with Gasteiger partial charge in [0.25, 0.3) is 0 Å². The Hall–Kier alpha value is -2.88. The molecule has 0 aliphatic carbocycles. The van der Waals surface area contributed by atoms with Crippen molar-refractivity contribution in [2.75, 3.05) is 26.4 Å². The van der Waals surface area contributed by atoms with Crippen molar-refractivity contribution in [2.45, 2.75) is 47.0 Å². The zero-order valence-electron chi connectivity index (χ0n) is 19.7. The third-order valence-electron chi connectivity index (χ3n) is 4.73. The summed E-state index contributed by atoms with van der Waals surface area (Å²) >= 11 is 0. The quantitative estimate of drug-likeness (QED) is 0.282. The lowest BCUT2D eigenvalue weighted by molar-refractivity contribution is 0.177. The molecule has 0 saturated heterocycles. The van der Waals surface area contributed by atoms with Gasteiger partial charge in [-0.15, -0.1) is 0 Å². The fraction of sp³-hybridized carbons (Fsp3) is 0.407. The van der Waals surface area contributed by atoms with E-state index in [4.69, 9.17) is 18.9 Å². The molecule has 0 fully saturated rings. The summed E-state index contributed by atoms with van der Waals surface area (Å²) in [4.78, 5) is 0. The highest BCUT2D eigenvalue weighted by molar-refractivity contribution is 5.41. The van der Waals surface area contributed by atoms with E-state index in [0.29, 0.717) is 26.4 Å². The molecule has 0 spiro atoms. The molecule has 2 rings (SSSR count). The van der Waals surface area contributed by atoms with Crippen molar-refractivity contribution in [3.8, 4) is 11.5 Å². The van der Waals surface area contributed by atoms with Crippen LogP contribution >= 0.6 is 0 Å². The van der Waals surface area contributed by atoms with E-state index in [1.54, 1.807) is 12.5 Å². The Balaban J connectivity index is 1.89. The van der Waals surface area contributed by atoms with Crippen LogP contribution in [0.5, 0.6) is 11.5 Å². The highest BCUT2D eigenvalue weighted by Crippen LogP contribution is 2.33. The Kier molecular flexibility index (Phi) is 9.51. The first kappa shape index (κ1) is 24.4. The average molecular weight is 425 g/mol. The van der Waals surface area contributed by atoms with Crippen molar-refractivity contribution in [2.24, 2.45) is 0 Å². The Morgan fingerprint density at radius 2 is 0.968 bits per heavy atom. The number of allylic oxidation sites excluding steroid dienone is 2. The third-order valence-corrected chi connectivity index (χ3v) is 4.73. The van der Waals surface area contributed by atoms with Gasteiger partial charge < -0.3 is 18.9 Å². The van der Waals surface area contributed by atoms with Gasteiger partial charge >= 0.3 is 0 Å². The average Bonchev–Trinajstić information content (AvgIpc) is 2.73. The van der Waals surface area contributed by atoms with Gasteiger partial charge in [0.1, 0.15) is 37.9 Å². The number of hydrogen-bond acceptors (Lipinski definition) is 4. The first-order chi connectivity index (χ1) is 14.8. The zero-order chi connectivity index (χ0) is 22.7. The van der Waals surface area contributed by atoms with Crippen LogP contribution in [-0.4, -0.2) is 26.4 Å². The lowest BCUT2D eigenvalue weighted by Crippen LogP contribution is -2.18. The van der Waals surface area contributed by atoms with E-state index in [1.165, 1.54) is 11.1 Å². The summed E-state index contributed by atoms with van der Waals surface area (Å²) < 4.78 is 22.3. The molecule has 0 unspecified atom stereocenters. The first-order valence-corrected chi connectivity index (χ1v) is 10.8. The summed E-state index contributed by atoms with van der Waals surface area (Å²) in [5, 5.41) is 0. The SMILES string of the molecule is CC(C)=COCCOc1ccc(C(C)(C)c2ccc(OCCOC=C(C)C)cc2)cc1. The minimum Gasteiger partial charge on any atom is -0.498 e. The topological polar surface area (TPSA) is 36.9 Å². The maximum atomic E-state index is 5.76. The fourth-order valence-corrected chi connectivity index (χ4v) is 2.97. The summed E-state index contributed by atoms with van der Waals surface area (Å²) in [6.45, 7) is 14.6. The molecule has 0 saturated carbocycles. The number of benzene rings is 2. The van der Waals surface area contributed by atoms with Crippen LogP contribution < -0.4 is 9.47 Å². The smallest absolute Gasteiger partial charge is 0.122 e. The van der Waals surface area contributed by atoms with Crippen molar-refractivity contribution in [3.05, 3.63) is 83.3 Å². The predicted octanol–water partition coefficient (Wildman–Crippen LogP) is 6.65. The Morgan fingerprint density at radius 1 is 0.613 bits per heavy atom. The largest absolute Gasteiger partial charge is 0.498 e. The molecule has 0 aliphatic rings. The molecule has 0 atom stereocenters. The number of ether oxygens (including phenoxy) is 4. The maximum absolute atomic E-state index is 5.76. The first-order valence-electron chi connectivity index (χ1n) is 10.8. The van der Waals surface area contributed by atoms with Crippen LogP contribution in [0.25, 0.3) is 0 Å². The van der Waals surface area contributed by atoms with Crippen LogP contribution in [0.3, 0.4) is 0 Å². The molecule has 4 heteroatoms. The van der Waals surface area contributed by atoms with E-state index in [-0.39, 0.29) is 5.41 Å². The van der Waals surface area contributed by atoms with Crippen LogP contribution in [-0.2, 0) is 14.9 Å². The van der Waals surface area contributed by atoms with Crippen LogP contribution in [0, 0.1) is 0 Å². The standard InChI is InChI=1S/C27H36O4/c1-21(2)19-28-15-17-30-25-11-7-23(8-12-25)27(5,6)24-9-13-26(14-10-24)31-18-16-29-20-22(3)4/h7-14,19-20H,15-18H2,1-6H3. The number of hydrogen-bond donors (Lipinski definition) is 0. The second-order valence-electron chi connectivity index (χ2n) is 8.50. The van der Waals surface area contributed by atoms with Gasteiger partial charge in [-0.25, -0.2) is 0 Å². The number of rotatable bonds is 12. The van der Waals surface area contributed by atoms with Crippen molar-refractivity contribution in [3.63, 3.8) is 0 Å². The van der Waals surface area contributed by atoms with Gasteiger partial charge in [-0.1, -0.05) is 38.1 Å². The van der Waals surface area contributed by atoms with Gasteiger partial charge in [-0.05, 0) is 74.2 Å². The van der Waals surface area contributed by atoms with E-state index < -0.39 is 0 Å². The summed E-state index contributed by atoms with van der Waals surface area (Å²) in [5.74, 6) is 1.69. The molecule has 2 aromatic carbocycles. The Bertz CT molecular complexity index is 766. The molecule has 2 aromatic rings. The molecule has 0 N–H and O–H groups in total. The van der Waals surface area contributed by atoms with Gasteiger partial charge in [0.05, 0.1) is 12.5 Å². The van der Waals surface area contributed by atoms with Crippen LogP contribution in [0.4, 0.5) is 0 Å². The lowest BCUT2D eigenvalue weighted by Gasteiger charge is -2.26. The highest BCUT2D eigenvalue weighted by Gasteiger charge is 2.23. The van der Waals surface area contributed by atoms with Crippen LogP contribution in [0.2, 0.25) is 0 Å². The van der Waals surface area contributed by atoms with E-state index >= 15 is 0 Å². The minimum absolute atomic E-state index is 0.129. The second-order valence-corrected chi connectivity index (χ2v) is 8.50. The van der Waals surface area contributed by atoms with E-state index in [0.717, 1.165) is 22.6 Å². The highest BCUT2D eigenvalue weighted by atomic mass is 16.5. The van der Waals surface area contributed by atoms with Gasteiger partial charge in [0, 0.05) is 5.41 Å². The van der Waals surface area contributed by atoms with Gasteiger partial charge in [0.15, 0.2) is 0 Å². The van der Waals surface area contributed by atoms with Crippen molar-refractivity contribution < 1.29 is 18.9 Å². The van der Waals surface area contributed by atoms with Crippen molar-refractivity contribution in [1.82, 2.24) is 0 Å². The molecule has 4 nitrogen and oxygen atoms in total. The van der Waals surface area contributed by atoms with E-state index in [9.17, 15) is 0 Å². The minimum atomic E-state index is -0.129. The normalized spacial score (nSPS) is 10.8. The molecule has 0 bridgehead atoms. The van der Waals surface area contributed by atoms with E-state index in [2.05, 4.69) is 38.1 Å².